The highest BCUT2D eigenvalue weighted by Crippen LogP contribution is 2.28. The average Bonchev–Trinajstić information content (AvgIpc) is 3.30. The minimum atomic E-state index is -0.829. The van der Waals surface area contributed by atoms with Crippen LogP contribution in [0, 0.1) is 0 Å². The van der Waals surface area contributed by atoms with Gasteiger partial charge in [0.15, 0.2) is 5.70 Å². The van der Waals surface area contributed by atoms with Gasteiger partial charge >= 0.3 is 0 Å². The fourth-order valence-corrected chi connectivity index (χ4v) is 3.40. The van der Waals surface area contributed by atoms with E-state index in [0.717, 1.165) is 16.0 Å². The predicted octanol–water partition coefficient (Wildman–Crippen LogP) is 3.18. The number of aliphatic hydroxyl groups excluding tert-OH is 1. The van der Waals surface area contributed by atoms with Crippen molar-refractivity contribution in [3.05, 3.63) is 89.6 Å². The molecule has 2 amide bonds. The van der Waals surface area contributed by atoms with Gasteiger partial charge in [0, 0.05) is 13.3 Å². The van der Waals surface area contributed by atoms with Crippen LogP contribution in [-0.4, -0.2) is 42.6 Å². The number of aliphatic hydroxyl groups is 1. The maximum Gasteiger partial charge on any atom is 0.287 e. The molecule has 1 atom stereocenters. The zero-order valence-corrected chi connectivity index (χ0v) is 16.8. The Bertz CT molecular complexity index is 1150. The Hall–Kier alpha value is -4.14. The molecule has 0 radical (unpaired) electrons. The number of benzene rings is 2. The third kappa shape index (κ3) is 4.40. The molecule has 1 aliphatic heterocycles. The van der Waals surface area contributed by atoms with Crippen molar-refractivity contribution in [1.29, 1.82) is 0 Å². The van der Waals surface area contributed by atoms with Crippen molar-refractivity contribution in [3.63, 3.8) is 0 Å². The van der Waals surface area contributed by atoms with Crippen molar-refractivity contribution >= 4 is 17.8 Å². The Morgan fingerprint density at radius 2 is 1.68 bits per heavy atom. The first-order chi connectivity index (χ1) is 15.0. The fraction of sp³-hybridized carbons (Fsp3) is 0.182. The smallest absolute Gasteiger partial charge is 0.287 e. The molecule has 2 heterocycles. The Balaban J connectivity index is 1.54. The number of hydrogen-bond acceptors (Lipinski definition) is 7. The molecular weight excluding hydrogens is 396 g/mol. The summed E-state index contributed by atoms with van der Waals surface area (Å²) in [6, 6.07) is 18.2. The second-order valence-corrected chi connectivity index (χ2v) is 7.06. The minimum Gasteiger partial charge on any atom is -0.508 e. The van der Waals surface area contributed by atoms with Gasteiger partial charge in [0.05, 0.1) is 6.54 Å². The summed E-state index contributed by atoms with van der Waals surface area (Å²) in [6.45, 7) is 1.78. The zero-order valence-electron chi connectivity index (χ0n) is 16.8. The molecule has 0 saturated carbocycles. The van der Waals surface area contributed by atoms with Crippen LogP contribution in [0.5, 0.6) is 0 Å². The van der Waals surface area contributed by atoms with Crippen molar-refractivity contribution in [3.8, 4) is 0 Å². The van der Waals surface area contributed by atoms with Crippen LogP contribution in [0.3, 0.4) is 0 Å². The highest BCUT2D eigenvalue weighted by molar-refractivity contribution is 6.06. The van der Waals surface area contributed by atoms with E-state index in [1.54, 1.807) is 4.68 Å². The summed E-state index contributed by atoms with van der Waals surface area (Å²) < 4.78 is 1.59. The van der Waals surface area contributed by atoms with Crippen LogP contribution in [0.25, 0.3) is 0 Å². The lowest BCUT2D eigenvalue weighted by atomic mass is 10.0. The largest absolute Gasteiger partial charge is 0.508 e. The Labute approximate surface area is 178 Å². The van der Waals surface area contributed by atoms with E-state index < -0.39 is 17.9 Å². The Morgan fingerprint density at radius 3 is 2.32 bits per heavy atom. The Morgan fingerprint density at radius 1 is 1.03 bits per heavy atom. The molecule has 0 aliphatic carbocycles. The van der Waals surface area contributed by atoms with Crippen LogP contribution < -0.4 is 0 Å². The summed E-state index contributed by atoms with van der Waals surface area (Å²) in [5, 5.41) is 22.6. The van der Waals surface area contributed by atoms with Crippen molar-refractivity contribution in [1.82, 2.24) is 19.7 Å². The van der Waals surface area contributed by atoms with Gasteiger partial charge in [-0.15, -0.1) is 15.3 Å². The molecule has 31 heavy (non-hydrogen) atoms. The number of aromatic nitrogens is 3. The molecule has 9 heteroatoms. The third-order valence-electron chi connectivity index (χ3n) is 4.85. The number of carbonyl (C=O) groups is 2. The lowest BCUT2D eigenvalue weighted by molar-refractivity contribution is -0.141. The summed E-state index contributed by atoms with van der Waals surface area (Å²) in [5.41, 5.74) is 1.64. The molecule has 4 rings (SSSR count). The molecule has 1 N–H and O–H groups in total. The van der Waals surface area contributed by atoms with Crippen molar-refractivity contribution in [2.45, 2.75) is 25.9 Å². The van der Waals surface area contributed by atoms with Crippen LogP contribution in [0.1, 0.15) is 18.1 Å². The SMILES string of the molecule is CC(=O)N1C(=O)C(N=Nc2ncn(Cc3ccccc3)n2)=C(O)C1Cc1ccccc1. The van der Waals surface area contributed by atoms with Crippen molar-refractivity contribution in [2.75, 3.05) is 0 Å². The van der Waals surface area contributed by atoms with E-state index in [0.29, 0.717) is 6.54 Å². The molecule has 9 nitrogen and oxygen atoms in total. The number of carbonyl (C=O) groups excluding carboxylic acids is 2. The van der Waals surface area contributed by atoms with Gasteiger partial charge in [-0.2, -0.15) is 4.98 Å². The molecule has 0 bridgehead atoms. The number of nitrogens with zero attached hydrogens (tertiary/aromatic N) is 6. The lowest BCUT2D eigenvalue weighted by Crippen LogP contribution is -2.40. The quantitative estimate of drug-likeness (QED) is 0.620. The monoisotopic (exact) mass is 416 g/mol. The van der Waals surface area contributed by atoms with E-state index in [-0.39, 0.29) is 23.8 Å². The topological polar surface area (TPSA) is 113 Å². The number of azo groups is 1. The fourth-order valence-electron chi connectivity index (χ4n) is 3.40. The van der Waals surface area contributed by atoms with Crippen molar-refractivity contribution < 1.29 is 14.7 Å². The first-order valence-electron chi connectivity index (χ1n) is 9.69. The van der Waals surface area contributed by atoms with Gasteiger partial charge in [0.25, 0.3) is 11.9 Å². The molecule has 0 saturated heterocycles. The number of rotatable bonds is 6. The molecule has 1 unspecified atom stereocenters. The highest BCUT2D eigenvalue weighted by atomic mass is 16.3. The second-order valence-electron chi connectivity index (χ2n) is 7.06. The average molecular weight is 416 g/mol. The van der Waals surface area contributed by atoms with Gasteiger partial charge in [0.2, 0.25) is 5.91 Å². The summed E-state index contributed by atoms with van der Waals surface area (Å²) in [7, 11) is 0. The van der Waals surface area contributed by atoms with E-state index in [1.165, 1.54) is 13.3 Å². The first kappa shape index (κ1) is 20.1. The molecule has 2 aromatic carbocycles. The predicted molar refractivity (Wildman–Crippen MR) is 111 cm³/mol. The summed E-state index contributed by atoms with van der Waals surface area (Å²) in [6.07, 6.45) is 1.78. The van der Waals surface area contributed by atoms with Gasteiger partial charge in [-0.25, -0.2) is 4.68 Å². The van der Waals surface area contributed by atoms with E-state index in [2.05, 4.69) is 20.3 Å². The molecule has 156 valence electrons. The first-order valence-corrected chi connectivity index (χ1v) is 9.69. The van der Waals surface area contributed by atoms with Crippen LogP contribution in [0.4, 0.5) is 5.95 Å². The third-order valence-corrected chi connectivity index (χ3v) is 4.85. The normalized spacial score (nSPS) is 16.5. The van der Waals surface area contributed by atoms with Gasteiger partial charge in [-0.05, 0) is 11.1 Å². The van der Waals surface area contributed by atoms with E-state index in [4.69, 9.17) is 0 Å². The van der Waals surface area contributed by atoms with Gasteiger partial charge in [-0.3, -0.25) is 14.5 Å². The molecule has 1 aromatic heterocycles. The van der Waals surface area contributed by atoms with Crippen LogP contribution >= 0.6 is 0 Å². The molecule has 3 aromatic rings. The van der Waals surface area contributed by atoms with E-state index in [1.807, 2.05) is 60.7 Å². The summed E-state index contributed by atoms with van der Waals surface area (Å²) in [5.74, 6) is -1.42. The number of amides is 2. The zero-order chi connectivity index (χ0) is 21.8. The van der Waals surface area contributed by atoms with Crippen LogP contribution in [0.2, 0.25) is 0 Å². The minimum absolute atomic E-state index is 0.0462. The van der Waals surface area contributed by atoms with Crippen LogP contribution in [-0.2, 0) is 22.6 Å². The maximum absolute atomic E-state index is 12.7. The lowest BCUT2D eigenvalue weighted by Gasteiger charge is -2.21. The molecule has 1 aliphatic rings. The molecule has 0 fully saturated rings. The second kappa shape index (κ2) is 8.70. The van der Waals surface area contributed by atoms with E-state index in [9.17, 15) is 14.7 Å². The van der Waals surface area contributed by atoms with Gasteiger partial charge in [0.1, 0.15) is 18.1 Å². The summed E-state index contributed by atoms with van der Waals surface area (Å²) >= 11 is 0. The summed E-state index contributed by atoms with van der Waals surface area (Å²) in [4.78, 5) is 29.8. The van der Waals surface area contributed by atoms with E-state index >= 15 is 0 Å². The number of hydrogen-bond donors (Lipinski definition) is 1. The van der Waals surface area contributed by atoms with Gasteiger partial charge < -0.3 is 5.11 Å². The van der Waals surface area contributed by atoms with Crippen LogP contribution in [0.15, 0.2) is 88.7 Å². The molecule has 0 spiro atoms. The van der Waals surface area contributed by atoms with Gasteiger partial charge in [-0.1, -0.05) is 60.7 Å². The highest BCUT2D eigenvalue weighted by Gasteiger charge is 2.42. The maximum atomic E-state index is 12.7. The molecular formula is C22H20N6O3. The number of imide groups is 1. The Kier molecular flexibility index (Phi) is 5.65. The standard InChI is InChI=1S/C22H20N6O3/c1-15(29)28-18(12-16-8-4-2-5-9-16)20(30)19(21(28)31)24-25-22-23-14-27(26-22)13-17-10-6-3-7-11-17/h2-11,14,18,30H,12-13H2,1H3. The van der Waals surface area contributed by atoms with Crippen molar-refractivity contribution in [2.24, 2.45) is 10.2 Å².